The minimum absolute atomic E-state index is 0.137. The SMILES string of the molecule is C=CC(=O)NCc1nc2c(s1)CC(C)CC2. The van der Waals surface area contributed by atoms with Crippen LogP contribution in [-0.2, 0) is 24.2 Å². The van der Waals surface area contributed by atoms with Crippen molar-refractivity contribution >= 4 is 17.2 Å². The first-order valence-corrected chi connectivity index (χ1v) is 6.38. The Labute approximate surface area is 99.6 Å². The van der Waals surface area contributed by atoms with Gasteiger partial charge in [0.2, 0.25) is 5.91 Å². The summed E-state index contributed by atoms with van der Waals surface area (Å²) in [6, 6.07) is 0. The second-order valence-corrected chi connectivity index (χ2v) is 5.42. The van der Waals surface area contributed by atoms with E-state index < -0.39 is 0 Å². The van der Waals surface area contributed by atoms with Gasteiger partial charge in [-0.05, 0) is 31.3 Å². The average Bonchev–Trinajstić information content (AvgIpc) is 2.67. The van der Waals surface area contributed by atoms with Crippen molar-refractivity contribution in [2.75, 3.05) is 0 Å². The molecule has 16 heavy (non-hydrogen) atoms. The number of thiazole rings is 1. The number of nitrogens with one attached hydrogen (secondary N) is 1. The van der Waals surface area contributed by atoms with Crippen LogP contribution in [0.1, 0.15) is 28.9 Å². The van der Waals surface area contributed by atoms with Crippen LogP contribution in [0.2, 0.25) is 0 Å². The molecule has 4 heteroatoms. The maximum absolute atomic E-state index is 11.0. The molecule has 0 bridgehead atoms. The van der Waals surface area contributed by atoms with Crippen LogP contribution in [0.4, 0.5) is 0 Å². The van der Waals surface area contributed by atoms with Crippen molar-refractivity contribution < 1.29 is 4.79 Å². The molecule has 1 amide bonds. The number of aryl methyl sites for hydroxylation is 1. The Hall–Kier alpha value is -1.16. The molecular formula is C12H16N2OS. The van der Waals surface area contributed by atoms with E-state index in [2.05, 4.69) is 23.8 Å². The monoisotopic (exact) mass is 236 g/mol. The van der Waals surface area contributed by atoms with Gasteiger partial charge in [0, 0.05) is 4.88 Å². The summed E-state index contributed by atoms with van der Waals surface area (Å²) in [5.74, 6) is 0.630. The zero-order valence-electron chi connectivity index (χ0n) is 9.45. The van der Waals surface area contributed by atoms with Gasteiger partial charge in [-0.2, -0.15) is 0 Å². The Kier molecular flexibility index (Phi) is 3.39. The molecular weight excluding hydrogens is 220 g/mol. The van der Waals surface area contributed by atoms with Gasteiger partial charge in [0.05, 0.1) is 12.2 Å². The molecule has 0 aliphatic heterocycles. The molecule has 0 saturated carbocycles. The molecule has 2 rings (SSSR count). The van der Waals surface area contributed by atoms with Crippen molar-refractivity contribution in [2.45, 2.75) is 32.7 Å². The van der Waals surface area contributed by atoms with Gasteiger partial charge in [-0.3, -0.25) is 4.79 Å². The highest BCUT2D eigenvalue weighted by Gasteiger charge is 2.19. The zero-order valence-corrected chi connectivity index (χ0v) is 10.3. The fourth-order valence-corrected chi connectivity index (χ4v) is 3.12. The van der Waals surface area contributed by atoms with E-state index in [-0.39, 0.29) is 5.91 Å². The molecule has 1 aliphatic rings. The van der Waals surface area contributed by atoms with Gasteiger partial charge in [-0.1, -0.05) is 13.5 Å². The van der Waals surface area contributed by atoms with Crippen molar-refractivity contribution in [2.24, 2.45) is 5.92 Å². The Morgan fingerprint density at radius 3 is 3.31 bits per heavy atom. The van der Waals surface area contributed by atoms with Gasteiger partial charge in [0.1, 0.15) is 5.01 Å². The first-order valence-electron chi connectivity index (χ1n) is 5.56. The molecule has 3 nitrogen and oxygen atoms in total. The van der Waals surface area contributed by atoms with Crippen LogP contribution in [0.5, 0.6) is 0 Å². The lowest BCUT2D eigenvalue weighted by atomic mass is 9.93. The molecule has 1 N–H and O–H groups in total. The molecule has 1 atom stereocenters. The highest BCUT2D eigenvalue weighted by molar-refractivity contribution is 7.11. The van der Waals surface area contributed by atoms with Crippen LogP contribution < -0.4 is 5.32 Å². The normalized spacial score (nSPS) is 18.9. The predicted octanol–water partition coefficient (Wildman–Crippen LogP) is 2.07. The largest absolute Gasteiger partial charge is 0.346 e. The highest BCUT2D eigenvalue weighted by Crippen LogP contribution is 2.29. The van der Waals surface area contributed by atoms with Crippen LogP contribution in [-0.4, -0.2) is 10.9 Å². The number of hydrogen-bond acceptors (Lipinski definition) is 3. The average molecular weight is 236 g/mol. The van der Waals surface area contributed by atoms with Crippen LogP contribution in [0.25, 0.3) is 0 Å². The summed E-state index contributed by atoms with van der Waals surface area (Å²) in [4.78, 5) is 17.0. The number of aromatic nitrogens is 1. The van der Waals surface area contributed by atoms with E-state index >= 15 is 0 Å². The number of amides is 1. The van der Waals surface area contributed by atoms with E-state index in [1.807, 2.05) is 0 Å². The molecule has 1 aliphatic carbocycles. The molecule has 0 aromatic carbocycles. The topological polar surface area (TPSA) is 42.0 Å². The molecule has 1 aromatic rings. The van der Waals surface area contributed by atoms with E-state index in [4.69, 9.17) is 0 Å². The molecule has 1 unspecified atom stereocenters. The minimum atomic E-state index is -0.137. The van der Waals surface area contributed by atoms with Crippen molar-refractivity contribution in [3.05, 3.63) is 28.2 Å². The summed E-state index contributed by atoms with van der Waals surface area (Å²) in [5, 5.41) is 3.77. The van der Waals surface area contributed by atoms with Crippen molar-refractivity contribution in [1.29, 1.82) is 0 Å². The number of rotatable bonds is 3. The van der Waals surface area contributed by atoms with Crippen molar-refractivity contribution in [3.8, 4) is 0 Å². The number of nitrogens with zero attached hydrogens (tertiary/aromatic N) is 1. The number of carbonyl (C=O) groups is 1. The second-order valence-electron chi connectivity index (χ2n) is 4.25. The lowest BCUT2D eigenvalue weighted by Crippen LogP contribution is -2.19. The van der Waals surface area contributed by atoms with Crippen LogP contribution in [0.15, 0.2) is 12.7 Å². The fourth-order valence-electron chi connectivity index (χ4n) is 1.90. The smallest absolute Gasteiger partial charge is 0.243 e. The van der Waals surface area contributed by atoms with E-state index in [0.717, 1.165) is 23.8 Å². The number of fused-ring (bicyclic) bond motifs is 1. The van der Waals surface area contributed by atoms with Gasteiger partial charge < -0.3 is 5.32 Å². The molecule has 86 valence electrons. The molecule has 1 heterocycles. The Bertz CT molecular complexity index is 411. The molecule has 1 aromatic heterocycles. The van der Waals surface area contributed by atoms with E-state index in [1.54, 1.807) is 11.3 Å². The molecule has 0 radical (unpaired) electrons. The summed E-state index contributed by atoms with van der Waals surface area (Å²) in [6.45, 7) is 6.22. The quantitative estimate of drug-likeness (QED) is 0.816. The van der Waals surface area contributed by atoms with Crippen LogP contribution in [0.3, 0.4) is 0 Å². The lowest BCUT2D eigenvalue weighted by molar-refractivity contribution is -0.116. The molecule has 0 saturated heterocycles. The van der Waals surface area contributed by atoms with E-state index in [0.29, 0.717) is 6.54 Å². The summed E-state index contributed by atoms with van der Waals surface area (Å²) in [5.41, 5.74) is 1.24. The van der Waals surface area contributed by atoms with Gasteiger partial charge in [-0.25, -0.2) is 4.98 Å². The highest BCUT2D eigenvalue weighted by atomic mass is 32.1. The van der Waals surface area contributed by atoms with Crippen molar-refractivity contribution in [1.82, 2.24) is 10.3 Å². The van der Waals surface area contributed by atoms with Crippen LogP contribution in [0, 0.1) is 5.92 Å². The van der Waals surface area contributed by atoms with Gasteiger partial charge in [0.25, 0.3) is 0 Å². The summed E-state index contributed by atoms with van der Waals surface area (Å²) < 4.78 is 0. The minimum Gasteiger partial charge on any atom is -0.346 e. The van der Waals surface area contributed by atoms with Gasteiger partial charge >= 0.3 is 0 Å². The zero-order chi connectivity index (χ0) is 11.5. The lowest BCUT2D eigenvalue weighted by Gasteiger charge is -2.15. The maximum Gasteiger partial charge on any atom is 0.243 e. The molecule has 0 spiro atoms. The van der Waals surface area contributed by atoms with E-state index in [1.165, 1.54) is 23.1 Å². The first kappa shape index (κ1) is 11.3. The predicted molar refractivity (Wildman–Crippen MR) is 65.3 cm³/mol. The Morgan fingerprint density at radius 2 is 2.56 bits per heavy atom. The number of hydrogen-bond donors (Lipinski definition) is 1. The van der Waals surface area contributed by atoms with Crippen LogP contribution >= 0.6 is 11.3 Å². The van der Waals surface area contributed by atoms with Gasteiger partial charge in [-0.15, -0.1) is 11.3 Å². The third kappa shape index (κ3) is 2.50. The Morgan fingerprint density at radius 1 is 1.75 bits per heavy atom. The fraction of sp³-hybridized carbons (Fsp3) is 0.500. The maximum atomic E-state index is 11.0. The second kappa shape index (κ2) is 4.78. The van der Waals surface area contributed by atoms with E-state index in [9.17, 15) is 4.79 Å². The summed E-state index contributed by atoms with van der Waals surface area (Å²) in [6.07, 6.45) is 4.75. The van der Waals surface area contributed by atoms with Gasteiger partial charge in [0.15, 0.2) is 0 Å². The Balaban J connectivity index is 2.01. The summed E-state index contributed by atoms with van der Waals surface area (Å²) >= 11 is 1.73. The number of carbonyl (C=O) groups excluding carboxylic acids is 1. The summed E-state index contributed by atoms with van der Waals surface area (Å²) in [7, 11) is 0. The molecule has 0 fully saturated rings. The van der Waals surface area contributed by atoms with Crippen molar-refractivity contribution in [3.63, 3.8) is 0 Å². The standard InChI is InChI=1S/C12H16N2OS/c1-3-11(15)13-7-12-14-9-5-4-8(2)6-10(9)16-12/h3,8H,1,4-7H2,2H3,(H,13,15). The third-order valence-electron chi connectivity index (χ3n) is 2.83. The first-order chi connectivity index (χ1) is 7.69. The third-order valence-corrected chi connectivity index (χ3v) is 3.95.